The second-order valence-corrected chi connectivity index (χ2v) is 5.10. The maximum Gasteiger partial charge on any atom is 0.175 e. The number of nitrogens with one attached hydrogen (secondary N) is 2. The van der Waals surface area contributed by atoms with Crippen LogP contribution in [0.1, 0.15) is 22.8 Å². The number of hydrogen-bond donors (Lipinski definition) is 2. The molecule has 0 saturated carbocycles. The molecule has 3 nitrogen and oxygen atoms in total. The molecule has 0 radical (unpaired) electrons. The fraction of sp³-hybridized carbons (Fsp3) is 0.125. The molecule has 0 aliphatic carbocycles. The van der Waals surface area contributed by atoms with Crippen LogP contribution in [0.2, 0.25) is 0 Å². The first-order chi connectivity index (χ1) is 9.95. The first-order valence-corrected chi connectivity index (χ1v) is 6.81. The molecule has 0 amide bonds. The second-order valence-electron chi connectivity index (χ2n) is 4.70. The van der Waals surface area contributed by atoms with Gasteiger partial charge in [-0.1, -0.05) is 6.07 Å². The average molecular weight is 302 g/mol. The minimum absolute atomic E-state index is 0.00378. The molecular weight excluding hydrogens is 287 g/mol. The summed E-state index contributed by atoms with van der Waals surface area (Å²) in [6.07, 6.45) is 0. The van der Waals surface area contributed by atoms with Crippen molar-refractivity contribution in [2.45, 2.75) is 13.8 Å². The van der Waals surface area contributed by atoms with Crippen molar-refractivity contribution in [1.82, 2.24) is 0 Å². The van der Waals surface area contributed by atoms with Crippen LogP contribution in [0.3, 0.4) is 0 Å². The van der Waals surface area contributed by atoms with E-state index >= 15 is 0 Å². The lowest BCUT2D eigenvalue weighted by Gasteiger charge is -2.12. The van der Waals surface area contributed by atoms with Crippen LogP contribution in [0.4, 0.5) is 15.8 Å². The summed E-state index contributed by atoms with van der Waals surface area (Å²) in [5.74, 6) is -0.360. The van der Waals surface area contributed by atoms with Crippen LogP contribution in [0.5, 0.6) is 0 Å². The topological polar surface area (TPSA) is 41.1 Å². The zero-order valence-corrected chi connectivity index (χ0v) is 12.6. The normalized spacial score (nSPS) is 10.0. The summed E-state index contributed by atoms with van der Waals surface area (Å²) in [4.78, 5) is 11.2. The molecule has 0 heterocycles. The molecule has 0 fully saturated rings. The van der Waals surface area contributed by atoms with E-state index < -0.39 is 0 Å². The Morgan fingerprint density at radius 1 is 1.10 bits per heavy atom. The highest BCUT2D eigenvalue weighted by Gasteiger charge is 2.05. The number of carbonyl (C=O) groups excluding carboxylic acids is 1. The summed E-state index contributed by atoms with van der Waals surface area (Å²) in [7, 11) is 0. The summed E-state index contributed by atoms with van der Waals surface area (Å²) in [6, 6.07) is 11.7. The van der Waals surface area contributed by atoms with Gasteiger partial charge in [-0.25, -0.2) is 4.39 Å². The van der Waals surface area contributed by atoms with Gasteiger partial charge >= 0.3 is 0 Å². The number of Topliss-reactive ketones (excluding diaryl/α,β-unsaturated/α-hetero) is 1. The van der Waals surface area contributed by atoms with Crippen LogP contribution < -0.4 is 10.6 Å². The number of aryl methyl sites for hydroxylation is 1. The van der Waals surface area contributed by atoms with E-state index in [1.165, 1.54) is 13.0 Å². The molecule has 0 spiro atoms. The number of thiocarbonyl (C=S) groups is 1. The van der Waals surface area contributed by atoms with Crippen LogP contribution in [0, 0.1) is 12.7 Å². The van der Waals surface area contributed by atoms with Crippen molar-refractivity contribution in [3.05, 3.63) is 59.4 Å². The maximum absolute atomic E-state index is 13.6. The first-order valence-electron chi connectivity index (χ1n) is 6.41. The van der Waals surface area contributed by atoms with Gasteiger partial charge in [0.05, 0.1) is 5.69 Å². The molecule has 0 aliphatic rings. The number of ketones is 1. The minimum atomic E-state index is -0.364. The Balaban J connectivity index is 2.04. The smallest absolute Gasteiger partial charge is 0.175 e. The van der Waals surface area contributed by atoms with Crippen LogP contribution in [-0.4, -0.2) is 10.9 Å². The van der Waals surface area contributed by atoms with Gasteiger partial charge in [-0.05, 0) is 68.0 Å². The number of carbonyl (C=O) groups is 1. The molecule has 2 aromatic carbocycles. The molecule has 0 aliphatic heterocycles. The van der Waals surface area contributed by atoms with Gasteiger partial charge in [0.2, 0.25) is 0 Å². The molecule has 2 rings (SSSR count). The summed E-state index contributed by atoms with van der Waals surface area (Å²) < 4.78 is 13.6. The van der Waals surface area contributed by atoms with E-state index in [9.17, 15) is 9.18 Å². The fourth-order valence-corrected chi connectivity index (χ4v) is 2.04. The molecule has 21 heavy (non-hydrogen) atoms. The van der Waals surface area contributed by atoms with Crippen molar-refractivity contribution >= 4 is 34.5 Å². The van der Waals surface area contributed by atoms with E-state index in [0.717, 1.165) is 11.3 Å². The standard InChI is InChI=1S/C16H15FN2OS/c1-10-3-8-14(17)15(9-10)19-16(21)18-13-6-4-12(5-7-13)11(2)20/h3-9H,1-2H3,(H2,18,19,21). The van der Waals surface area contributed by atoms with Crippen molar-refractivity contribution in [2.24, 2.45) is 0 Å². The lowest BCUT2D eigenvalue weighted by Crippen LogP contribution is -2.19. The molecule has 0 atom stereocenters. The molecule has 0 bridgehead atoms. The summed E-state index contributed by atoms with van der Waals surface area (Å²) in [5, 5.41) is 6.05. The third kappa shape index (κ3) is 4.10. The van der Waals surface area contributed by atoms with Gasteiger partial charge in [0.1, 0.15) is 5.82 Å². The van der Waals surface area contributed by atoms with Gasteiger partial charge < -0.3 is 10.6 Å². The van der Waals surface area contributed by atoms with Gasteiger partial charge in [0, 0.05) is 11.3 Å². The van der Waals surface area contributed by atoms with Crippen LogP contribution in [-0.2, 0) is 0 Å². The van der Waals surface area contributed by atoms with Crippen molar-refractivity contribution in [3.8, 4) is 0 Å². The third-order valence-corrected chi connectivity index (χ3v) is 3.12. The monoisotopic (exact) mass is 302 g/mol. The van der Waals surface area contributed by atoms with E-state index in [1.54, 1.807) is 36.4 Å². The van der Waals surface area contributed by atoms with Gasteiger partial charge in [-0.2, -0.15) is 0 Å². The Morgan fingerprint density at radius 2 is 1.76 bits per heavy atom. The summed E-state index contributed by atoms with van der Waals surface area (Å²) in [6.45, 7) is 3.39. The number of halogens is 1. The molecule has 2 N–H and O–H groups in total. The van der Waals surface area contributed by atoms with Gasteiger partial charge in [0.15, 0.2) is 10.9 Å². The Labute approximate surface area is 128 Å². The Kier molecular flexibility index (Phi) is 4.65. The number of rotatable bonds is 3. The van der Waals surface area contributed by atoms with Crippen LogP contribution in [0.25, 0.3) is 0 Å². The predicted molar refractivity (Wildman–Crippen MR) is 87.4 cm³/mol. The minimum Gasteiger partial charge on any atom is -0.332 e. The summed E-state index contributed by atoms with van der Waals surface area (Å²) in [5.41, 5.74) is 2.62. The van der Waals surface area contributed by atoms with E-state index in [2.05, 4.69) is 10.6 Å². The molecule has 0 unspecified atom stereocenters. The lowest BCUT2D eigenvalue weighted by atomic mass is 10.1. The maximum atomic E-state index is 13.6. The third-order valence-electron chi connectivity index (χ3n) is 2.92. The Bertz CT molecular complexity index is 683. The number of benzene rings is 2. The van der Waals surface area contributed by atoms with Gasteiger partial charge in [0.25, 0.3) is 0 Å². The van der Waals surface area contributed by atoms with Crippen molar-refractivity contribution < 1.29 is 9.18 Å². The molecule has 0 saturated heterocycles. The highest BCUT2D eigenvalue weighted by molar-refractivity contribution is 7.80. The summed E-state index contributed by atoms with van der Waals surface area (Å²) >= 11 is 5.15. The SMILES string of the molecule is CC(=O)c1ccc(NC(=S)Nc2cc(C)ccc2F)cc1. The van der Waals surface area contributed by atoms with E-state index in [1.807, 2.05) is 6.92 Å². The molecular formula is C16H15FN2OS. The first kappa shape index (κ1) is 15.1. The Morgan fingerprint density at radius 3 is 2.38 bits per heavy atom. The predicted octanol–water partition coefficient (Wildman–Crippen LogP) is 4.15. The van der Waals surface area contributed by atoms with Crippen molar-refractivity contribution in [3.63, 3.8) is 0 Å². The second kappa shape index (κ2) is 6.45. The number of hydrogen-bond acceptors (Lipinski definition) is 2. The quantitative estimate of drug-likeness (QED) is 0.660. The van der Waals surface area contributed by atoms with E-state index in [-0.39, 0.29) is 16.7 Å². The highest BCUT2D eigenvalue weighted by atomic mass is 32.1. The number of anilines is 2. The van der Waals surface area contributed by atoms with E-state index in [0.29, 0.717) is 11.3 Å². The highest BCUT2D eigenvalue weighted by Crippen LogP contribution is 2.16. The van der Waals surface area contributed by atoms with E-state index in [4.69, 9.17) is 12.2 Å². The zero-order valence-electron chi connectivity index (χ0n) is 11.7. The Hall–Kier alpha value is -2.27. The van der Waals surface area contributed by atoms with Crippen LogP contribution in [0.15, 0.2) is 42.5 Å². The molecule has 0 aromatic heterocycles. The largest absolute Gasteiger partial charge is 0.332 e. The fourth-order valence-electron chi connectivity index (χ4n) is 1.81. The molecule has 108 valence electrons. The lowest BCUT2D eigenvalue weighted by molar-refractivity contribution is 0.101. The van der Waals surface area contributed by atoms with Crippen LogP contribution >= 0.6 is 12.2 Å². The van der Waals surface area contributed by atoms with Crippen molar-refractivity contribution in [2.75, 3.05) is 10.6 Å². The van der Waals surface area contributed by atoms with Gasteiger partial charge in [-0.15, -0.1) is 0 Å². The van der Waals surface area contributed by atoms with Crippen molar-refractivity contribution in [1.29, 1.82) is 0 Å². The zero-order chi connectivity index (χ0) is 15.4. The van der Waals surface area contributed by atoms with Gasteiger partial charge in [-0.3, -0.25) is 4.79 Å². The average Bonchev–Trinajstić information content (AvgIpc) is 2.43. The molecule has 5 heteroatoms. The molecule has 2 aromatic rings.